The zero-order valence-electron chi connectivity index (χ0n) is 20.9. The molecule has 210 valence electrons. The van der Waals surface area contributed by atoms with Crippen molar-refractivity contribution >= 4 is 34.8 Å². The maximum atomic E-state index is 14.2. The quantitative estimate of drug-likeness (QED) is 0.290. The van der Waals surface area contributed by atoms with Crippen LogP contribution in [0.2, 0.25) is 5.02 Å². The van der Waals surface area contributed by atoms with Crippen molar-refractivity contribution < 1.29 is 31.5 Å². The zero-order chi connectivity index (χ0) is 29.1. The van der Waals surface area contributed by atoms with Crippen LogP contribution in [0, 0.1) is 11.6 Å². The van der Waals surface area contributed by atoms with E-state index < -0.39 is 46.8 Å². The lowest BCUT2D eigenvalue weighted by molar-refractivity contribution is -0.137. The normalized spacial score (nSPS) is 16.3. The summed E-state index contributed by atoms with van der Waals surface area (Å²) in [5.41, 5.74) is 0.255. The number of benzene rings is 3. The van der Waals surface area contributed by atoms with Gasteiger partial charge in [-0.3, -0.25) is 9.59 Å². The monoisotopic (exact) mass is 587 g/mol. The minimum atomic E-state index is -4.88. The van der Waals surface area contributed by atoms with E-state index in [1.807, 2.05) is 9.47 Å². The van der Waals surface area contributed by atoms with Crippen molar-refractivity contribution in [3.63, 3.8) is 0 Å². The van der Waals surface area contributed by atoms with Gasteiger partial charge < -0.3 is 20.1 Å². The minimum Gasteiger partial charge on any atom is -0.364 e. The molecule has 1 aromatic heterocycles. The van der Waals surface area contributed by atoms with Crippen LogP contribution < -0.4 is 15.5 Å². The number of fused-ring (bicyclic) bond motifs is 2. The molecule has 0 fully saturated rings. The van der Waals surface area contributed by atoms with Crippen LogP contribution in [0.4, 0.5) is 33.3 Å². The number of halogens is 6. The summed E-state index contributed by atoms with van der Waals surface area (Å²) in [5.74, 6) is -3.40. The number of imidazole rings is 1. The molecule has 1 atom stereocenters. The highest BCUT2D eigenvalue weighted by molar-refractivity contribution is 6.31. The molecule has 0 spiro atoms. The number of hydrogen-bond donors (Lipinski definition) is 2. The van der Waals surface area contributed by atoms with Gasteiger partial charge in [0.05, 0.1) is 30.2 Å². The topological polar surface area (TPSA) is 79.3 Å². The Kier molecular flexibility index (Phi) is 6.45. The highest BCUT2D eigenvalue weighted by Gasteiger charge is 2.36. The molecule has 7 nitrogen and oxygen atoms in total. The highest BCUT2D eigenvalue weighted by Crippen LogP contribution is 2.42. The van der Waals surface area contributed by atoms with Gasteiger partial charge in [0.25, 0.3) is 11.8 Å². The molecule has 2 aliphatic heterocycles. The molecule has 0 aliphatic carbocycles. The van der Waals surface area contributed by atoms with Crippen molar-refractivity contribution in [2.24, 2.45) is 0 Å². The van der Waals surface area contributed by atoms with Gasteiger partial charge in [0.1, 0.15) is 11.6 Å². The van der Waals surface area contributed by atoms with Gasteiger partial charge in [-0.15, -0.1) is 0 Å². The van der Waals surface area contributed by atoms with Crippen molar-refractivity contribution in [3.05, 3.63) is 111 Å². The largest absolute Gasteiger partial charge is 0.416 e. The van der Waals surface area contributed by atoms with Gasteiger partial charge in [-0.2, -0.15) is 13.2 Å². The van der Waals surface area contributed by atoms with Crippen LogP contribution in [-0.4, -0.2) is 27.9 Å². The number of carbonyl (C=O) groups is 2. The third-order valence-electron chi connectivity index (χ3n) is 7.11. The van der Waals surface area contributed by atoms with E-state index in [9.17, 15) is 31.5 Å². The molecule has 13 heteroatoms. The summed E-state index contributed by atoms with van der Waals surface area (Å²) in [7, 11) is 0. The van der Waals surface area contributed by atoms with E-state index in [2.05, 4.69) is 15.6 Å². The van der Waals surface area contributed by atoms with Gasteiger partial charge in [-0.05, 0) is 48.5 Å². The molecule has 2 aliphatic rings. The number of rotatable bonds is 4. The number of amides is 2. The number of aromatic nitrogens is 2. The van der Waals surface area contributed by atoms with Crippen molar-refractivity contribution in [1.82, 2.24) is 14.9 Å². The van der Waals surface area contributed by atoms with Crippen LogP contribution in [0.3, 0.4) is 0 Å². The lowest BCUT2D eigenvalue weighted by atomic mass is 9.95. The predicted molar refractivity (Wildman–Crippen MR) is 140 cm³/mol. The second kappa shape index (κ2) is 9.88. The molecule has 0 saturated heterocycles. The van der Waals surface area contributed by atoms with E-state index in [1.165, 1.54) is 6.07 Å². The number of nitrogens with zero attached hydrogens (tertiary/aromatic N) is 3. The van der Waals surface area contributed by atoms with Crippen LogP contribution in [-0.2, 0) is 19.3 Å². The van der Waals surface area contributed by atoms with Crippen LogP contribution in [0.15, 0.2) is 61.1 Å². The number of nitrogens with one attached hydrogen (secondary N) is 2. The first-order valence-corrected chi connectivity index (χ1v) is 12.7. The summed E-state index contributed by atoms with van der Waals surface area (Å²) in [6, 6.07) is 7.37. The number of alkyl halides is 3. The van der Waals surface area contributed by atoms with Crippen molar-refractivity contribution in [2.45, 2.75) is 25.3 Å². The third-order valence-corrected chi connectivity index (χ3v) is 7.45. The fraction of sp³-hybridized carbons (Fsp3) is 0.179. The summed E-state index contributed by atoms with van der Waals surface area (Å²) < 4.78 is 70.2. The van der Waals surface area contributed by atoms with E-state index in [1.54, 1.807) is 24.7 Å². The Morgan fingerprint density at radius 2 is 1.85 bits per heavy atom. The second-order valence-corrected chi connectivity index (χ2v) is 10.1. The third kappa shape index (κ3) is 4.99. The Balaban J connectivity index is 1.46. The molecule has 2 amide bonds. The summed E-state index contributed by atoms with van der Waals surface area (Å²) in [4.78, 5) is 32.5. The van der Waals surface area contributed by atoms with E-state index in [0.717, 1.165) is 17.8 Å². The molecule has 0 radical (unpaired) electrons. The van der Waals surface area contributed by atoms with Gasteiger partial charge in [0.2, 0.25) is 0 Å². The van der Waals surface area contributed by atoms with Crippen LogP contribution in [0.1, 0.15) is 49.1 Å². The molecule has 0 bridgehead atoms. The fourth-order valence-corrected chi connectivity index (χ4v) is 5.38. The average Bonchev–Trinajstić information content (AvgIpc) is 3.53. The van der Waals surface area contributed by atoms with Crippen molar-refractivity contribution in [3.8, 4) is 0 Å². The SMILES string of the molecule is O=C(Nc1cc(N2CCn3cncc3C2)cc2c1C(c1cc(F)ccc1Cl)NC2=O)c1cc(F)cc(C(F)(F)F)c1. The molecule has 2 N–H and O–H groups in total. The Morgan fingerprint density at radius 3 is 2.63 bits per heavy atom. The Labute approximate surface area is 234 Å². The van der Waals surface area contributed by atoms with E-state index in [-0.39, 0.29) is 27.4 Å². The van der Waals surface area contributed by atoms with E-state index in [4.69, 9.17) is 11.6 Å². The minimum absolute atomic E-state index is 0.0723. The number of carbonyl (C=O) groups excluding carboxylic acids is 2. The zero-order valence-corrected chi connectivity index (χ0v) is 21.7. The summed E-state index contributed by atoms with van der Waals surface area (Å²) in [5, 5.41) is 5.47. The first-order chi connectivity index (χ1) is 19.5. The Bertz CT molecular complexity index is 1720. The Morgan fingerprint density at radius 1 is 1.05 bits per heavy atom. The standard InChI is InChI=1S/C28H19ClF5N5O2/c29-22-2-1-16(30)8-20(22)25-24-21(27(41)37-25)9-18(38-3-4-39-13-35-11-19(39)12-38)10-23(24)36-26(40)14-5-15(28(32,33)34)7-17(31)6-14/h1-2,5-11,13,25H,3-4,12H2,(H,36,40)(H,37,41). The van der Waals surface area contributed by atoms with Crippen LogP contribution in [0.5, 0.6) is 0 Å². The average molecular weight is 588 g/mol. The molecule has 1 unspecified atom stereocenters. The van der Waals surface area contributed by atoms with Crippen LogP contribution in [0.25, 0.3) is 0 Å². The number of anilines is 2. The summed E-state index contributed by atoms with van der Waals surface area (Å²) in [6.07, 6.45) is -1.47. The molecule has 3 aromatic carbocycles. The first kappa shape index (κ1) is 26.8. The molecular formula is C28H19ClF5N5O2. The van der Waals surface area contributed by atoms with E-state index >= 15 is 0 Å². The highest BCUT2D eigenvalue weighted by atomic mass is 35.5. The molecular weight excluding hydrogens is 569 g/mol. The first-order valence-electron chi connectivity index (χ1n) is 12.3. The van der Waals surface area contributed by atoms with Gasteiger partial charge in [0.15, 0.2) is 0 Å². The maximum Gasteiger partial charge on any atom is 0.416 e. The molecule has 6 rings (SSSR count). The lowest BCUT2D eigenvalue weighted by Crippen LogP contribution is -2.33. The predicted octanol–water partition coefficient (Wildman–Crippen LogP) is 5.94. The smallest absolute Gasteiger partial charge is 0.364 e. The van der Waals surface area contributed by atoms with Gasteiger partial charge >= 0.3 is 6.18 Å². The second-order valence-electron chi connectivity index (χ2n) is 9.71. The van der Waals surface area contributed by atoms with Crippen molar-refractivity contribution in [2.75, 3.05) is 16.8 Å². The lowest BCUT2D eigenvalue weighted by Gasteiger charge is -2.31. The summed E-state index contributed by atoms with van der Waals surface area (Å²) in [6.45, 7) is 1.58. The molecule has 4 aromatic rings. The maximum absolute atomic E-state index is 14.2. The molecule has 0 saturated carbocycles. The van der Waals surface area contributed by atoms with Gasteiger partial charge in [0, 0.05) is 57.9 Å². The summed E-state index contributed by atoms with van der Waals surface area (Å²) >= 11 is 6.34. The molecule has 41 heavy (non-hydrogen) atoms. The van der Waals surface area contributed by atoms with E-state index in [0.29, 0.717) is 43.5 Å². The van der Waals surface area contributed by atoms with Crippen LogP contribution >= 0.6 is 11.6 Å². The fourth-order valence-electron chi connectivity index (χ4n) is 5.16. The Hall–Kier alpha value is -4.45. The number of hydrogen-bond acceptors (Lipinski definition) is 4. The van der Waals surface area contributed by atoms with Gasteiger partial charge in [-0.25, -0.2) is 13.8 Å². The molecule has 3 heterocycles. The van der Waals surface area contributed by atoms with Crippen molar-refractivity contribution in [1.29, 1.82) is 0 Å². The van der Waals surface area contributed by atoms with Gasteiger partial charge in [-0.1, -0.05) is 11.6 Å².